The molecule has 2 aromatic carbocycles. The normalized spacial score (nSPS) is 11.7. The molecule has 0 aromatic heterocycles. The molecule has 0 radical (unpaired) electrons. The summed E-state index contributed by atoms with van der Waals surface area (Å²) in [4.78, 5) is -0.119. The Balaban J connectivity index is 2.43. The SMILES string of the molecule is COc1ccccc1C=Cc1ccccc1S(=O)(=O)O. The third-order valence-electron chi connectivity index (χ3n) is 2.78. The molecule has 0 aliphatic rings. The fourth-order valence-electron chi connectivity index (χ4n) is 1.84. The van der Waals surface area contributed by atoms with Crippen LogP contribution in [0.4, 0.5) is 0 Å². The summed E-state index contributed by atoms with van der Waals surface area (Å²) in [6, 6.07) is 13.6. The van der Waals surface area contributed by atoms with Crippen LogP contribution in [-0.2, 0) is 10.1 Å². The van der Waals surface area contributed by atoms with Gasteiger partial charge in [0.05, 0.1) is 7.11 Å². The number of benzene rings is 2. The maximum Gasteiger partial charge on any atom is 0.295 e. The Morgan fingerprint density at radius 2 is 1.50 bits per heavy atom. The predicted molar refractivity (Wildman–Crippen MR) is 78.2 cm³/mol. The van der Waals surface area contributed by atoms with Gasteiger partial charge in [-0.2, -0.15) is 8.42 Å². The maximum atomic E-state index is 11.3. The highest BCUT2D eigenvalue weighted by Gasteiger charge is 2.12. The molecule has 0 atom stereocenters. The lowest BCUT2D eigenvalue weighted by Gasteiger charge is -2.04. The first-order valence-electron chi connectivity index (χ1n) is 5.90. The average molecular weight is 290 g/mol. The van der Waals surface area contributed by atoms with Gasteiger partial charge in [-0.05, 0) is 17.7 Å². The van der Waals surface area contributed by atoms with Crippen LogP contribution in [0.25, 0.3) is 12.2 Å². The quantitative estimate of drug-likeness (QED) is 0.694. The lowest BCUT2D eigenvalue weighted by atomic mass is 10.1. The van der Waals surface area contributed by atoms with E-state index < -0.39 is 10.1 Å². The zero-order valence-electron chi connectivity index (χ0n) is 10.9. The predicted octanol–water partition coefficient (Wildman–Crippen LogP) is 3.11. The van der Waals surface area contributed by atoms with Gasteiger partial charge in [0.2, 0.25) is 0 Å². The van der Waals surface area contributed by atoms with Crippen molar-refractivity contribution in [3.05, 3.63) is 59.7 Å². The molecule has 0 heterocycles. The van der Waals surface area contributed by atoms with Gasteiger partial charge in [-0.25, -0.2) is 0 Å². The molecular weight excluding hydrogens is 276 g/mol. The van der Waals surface area contributed by atoms with Crippen molar-refractivity contribution >= 4 is 22.3 Å². The van der Waals surface area contributed by atoms with Crippen molar-refractivity contribution in [2.75, 3.05) is 7.11 Å². The van der Waals surface area contributed by atoms with E-state index in [4.69, 9.17) is 4.74 Å². The summed E-state index contributed by atoms with van der Waals surface area (Å²) < 4.78 is 37.0. The van der Waals surface area contributed by atoms with Crippen LogP contribution in [-0.4, -0.2) is 20.1 Å². The van der Waals surface area contributed by atoms with E-state index in [0.29, 0.717) is 11.3 Å². The van der Waals surface area contributed by atoms with Gasteiger partial charge in [-0.15, -0.1) is 0 Å². The van der Waals surface area contributed by atoms with E-state index in [9.17, 15) is 13.0 Å². The van der Waals surface area contributed by atoms with Gasteiger partial charge in [0.1, 0.15) is 10.6 Å². The molecule has 0 bridgehead atoms. The number of rotatable bonds is 4. The minimum atomic E-state index is -4.24. The summed E-state index contributed by atoms with van der Waals surface area (Å²) in [7, 11) is -2.67. The lowest BCUT2D eigenvalue weighted by molar-refractivity contribution is 0.414. The molecule has 0 unspecified atom stereocenters. The molecule has 0 aliphatic carbocycles. The maximum absolute atomic E-state index is 11.3. The Kier molecular flexibility index (Phi) is 4.22. The van der Waals surface area contributed by atoms with Crippen LogP contribution >= 0.6 is 0 Å². The van der Waals surface area contributed by atoms with E-state index in [0.717, 1.165) is 5.56 Å². The largest absolute Gasteiger partial charge is 0.496 e. The summed E-state index contributed by atoms with van der Waals surface area (Å²) in [6.45, 7) is 0. The molecule has 0 saturated heterocycles. The molecule has 0 saturated carbocycles. The molecule has 0 aliphatic heterocycles. The van der Waals surface area contributed by atoms with Crippen molar-refractivity contribution < 1.29 is 17.7 Å². The summed E-state index contributed by atoms with van der Waals surface area (Å²) in [5.74, 6) is 0.688. The molecule has 4 nitrogen and oxygen atoms in total. The Bertz CT molecular complexity index is 733. The van der Waals surface area contributed by atoms with E-state index in [1.54, 1.807) is 37.5 Å². The molecule has 1 N–H and O–H groups in total. The minimum Gasteiger partial charge on any atom is -0.496 e. The van der Waals surface area contributed by atoms with E-state index >= 15 is 0 Å². The van der Waals surface area contributed by atoms with Crippen molar-refractivity contribution in [3.8, 4) is 5.75 Å². The first kappa shape index (κ1) is 14.3. The van der Waals surface area contributed by atoms with Gasteiger partial charge in [-0.1, -0.05) is 48.6 Å². The average Bonchev–Trinajstić information content (AvgIpc) is 2.44. The molecule has 2 rings (SSSR count). The zero-order valence-corrected chi connectivity index (χ0v) is 11.7. The first-order valence-corrected chi connectivity index (χ1v) is 7.34. The molecule has 0 spiro atoms. The second-order valence-electron chi connectivity index (χ2n) is 4.09. The summed E-state index contributed by atoms with van der Waals surface area (Å²) in [5.41, 5.74) is 1.24. The topological polar surface area (TPSA) is 63.6 Å². The summed E-state index contributed by atoms with van der Waals surface area (Å²) in [5, 5.41) is 0. The number of methoxy groups -OCH3 is 1. The van der Waals surface area contributed by atoms with Crippen molar-refractivity contribution in [2.45, 2.75) is 4.90 Å². The third-order valence-corrected chi connectivity index (χ3v) is 3.71. The highest BCUT2D eigenvalue weighted by Crippen LogP contribution is 2.22. The summed E-state index contributed by atoms with van der Waals surface area (Å²) >= 11 is 0. The van der Waals surface area contributed by atoms with Crippen LogP contribution in [0.5, 0.6) is 5.75 Å². The lowest BCUT2D eigenvalue weighted by Crippen LogP contribution is -2.00. The summed E-state index contributed by atoms with van der Waals surface area (Å²) in [6.07, 6.45) is 3.36. The Hall–Kier alpha value is -2.11. The van der Waals surface area contributed by atoms with Crippen LogP contribution in [0, 0.1) is 0 Å². The number of hydrogen-bond acceptors (Lipinski definition) is 3. The highest BCUT2D eigenvalue weighted by atomic mass is 32.2. The number of ether oxygens (including phenoxy) is 1. The molecule has 20 heavy (non-hydrogen) atoms. The Morgan fingerprint density at radius 3 is 2.15 bits per heavy atom. The fourth-order valence-corrected chi connectivity index (χ4v) is 2.52. The fraction of sp³-hybridized carbons (Fsp3) is 0.0667. The van der Waals surface area contributed by atoms with Gasteiger partial charge in [-0.3, -0.25) is 4.55 Å². The zero-order chi connectivity index (χ0) is 14.6. The van der Waals surface area contributed by atoms with E-state index in [-0.39, 0.29) is 4.90 Å². The second-order valence-corrected chi connectivity index (χ2v) is 5.48. The van der Waals surface area contributed by atoms with Crippen LogP contribution in [0.3, 0.4) is 0 Å². The van der Waals surface area contributed by atoms with Gasteiger partial charge >= 0.3 is 0 Å². The molecule has 2 aromatic rings. The van der Waals surface area contributed by atoms with E-state index in [1.165, 1.54) is 6.07 Å². The van der Waals surface area contributed by atoms with Crippen molar-refractivity contribution in [1.29, 1.82) is 0 Å². The molecule has 5 heteroatoms. The molecule has 104 valence electrons. The second kappa shape index (κ2) is 5.90. The minimum absolute atomic E-state index is 0.119. The Labute approximate surface area is 118 Å². The van der Waals surface area contributed by atoms with Crippen molar-refractivity contribution in [1.82, 2.24) is 0 Å². The van der Waals surface area contributed by atoms with E-state index in [1.807, 2.05) is 24.3 Å². The van der Waals surface area contributed by atoms with Crippen LogP contribution in [0.1, 0.15) is 11.1 Å². The molecular formula is C15H14O4S. The first-order chi connectivity index (χ1) is 9.52. The molecule has 0 amide bonds. The monoisotopic (exact) mass is 290 g/mol. The van der Waals surface area contributed by atoms with Crippen molar-refractivity contribution in [2.24, 2.45) is 0 Å². The third kappa shape index (κ3) is 3.26. The van der Waals surface area contributed by atoms with Crippen molar-refractivity contribution in [3.63, 3.8) is 0 Å². The van der Waals surface area contributed by atoms with Gasteiger partial charge in [0, 0.05) is 5.56 Å². The van der Waals surface area contributed by atoms with Gasteiger partial charge < -0.3 is 4.74 Å². The van der Waals surface area contributed by atoms with Crippen LogP contribution in [0.2, 0.25) is 0 Å². The van der Waals surface area contributed by atoms with Gasteiger partial charge in [0.25, 0.3) is 10.1 Å². The number of hydrogen-bond donors (Lipinski definition) is 1. The smallest absolute Gasteiger partial charge is 0.295 e. The van der Waals surface area contributed by atoms with Crippen LogP contribution < -0.4 is 4.74 Å². The molecule has 0 fully saturated rings. The van der Waals surface area contributed by atoms with Crippen LogP contribution in [0.15, 0.2) is 53.4 Å². The number of para-hydroxylation sites is 1. The highest BCUT2D eigenvalue weighted by molar-refractivity contribution is 7.85. The van der Waals surface area contributed by atoms with Gasteiger partial charge in [0.15, 0.2) is 0 Å². The standard InChI is InChI=1S/C15H14O4S/c1-19-14-8-4-2-6-12(14)10-11-13-7-3-5-9-15(13)20(16,17)18/h2-11H,1H3,(H,16,17,18). The Morgan fingerprint density at radius 1 is 0.950 bits per heavy atom. The van der Waals surface area contributed by atoms with E-state index in [2.05, 4.69) is 0 Å².